The third-order valence-electron chi connectivity index (χ3n) is 3.57. The van der Waals surface area contributed by atoms with E-state index in [1.807, 2.05) is 25.0 Å². The van der Waals surface area contributed by atoms with Crippen LogP contribution in [0.15, 0.2) is 17.2 Å². The maximum Gasteiger partial charge on any atom is 0.129 e. The fourth-order valence-electron chi connectivity index (χ4n) is 2.46. The first-order valence-corrected chi connectivity index (χ1v) is 7.79. The molecule has 0 radical (unpaired) electrons. The van der Waals surface area contributed by atoms with Crippen molar-refractivity contribution in [3.8, 4) is 0 Å². The molecule has 0 saturated carbocycles. The lowest BCUT2D eigenvalue weighted by atomic mass is 10.3. The Morgan fingerprint density at radius 1 is 1.33 bits per heavy atom. The van der Waals surface area contributed by atoms with E-state index in [0.29, 0.717) is 0 Å². The van der Waals surface area contributed by atoms with E-state index in [9.17, 15) is 0 Å². The molecule has 0 N–H and O–H groups in total. The van der Waals surface area contributed by atoms with Gasteiger partial charge >= 0.3 is 0 Å². The van der Waals surface area contributed by atoms with Crippen molar-refractivity contribution in [3.63, 3.8) is 0 Å². The summed E-state index contributed by atoms with van der Waals surface area (Å²) >= 11 is 7.30. The van der Waals surface area contributed by atoms with E-state index >= 15 is 0 Å². The van der Waals surface area contributed by atoms with Crippen LogP contribution in [0.2, 0.25) is 0 Å². The molecule has 0 bridgehead atoms. The Bertz CT molecular complexity index is 469. The van der Waals surface area contributed by atoms with Crippen molar-refractivity contribution in [2.75, 3.05) is 35.7 Å². The first-order chi connectivity index (χ1) is 8.75. The fraction of sp³-hybridized carbons (Fsp3) is 0.538. The van der Waals surface area contributed by atoms with Crippen LogP contribution in [0, 0.1) is 0 Å². The smallest absolute Gasteiger partial charge is 0.129 e. The number of anilines is 2. The van der Waals surface area contributed by atoms with E-state index < -0.39 is 0 Å². The second-order valence-electron chi connectivity index (χ2n) is 4.76. The van der Waals surface area contributed by atoms with Crippen LogP contribution < -0.4 is 9.80 Å². The van der Waals surface area contributed by atoms with Gasteiger partial charge in [-0.1, -0.05) is 12.2 Å². The van der Waals surface area contributed by atoms with Gasteiger partial charge in [0.05, 0.1) is 16.9 Å². The molecule has 1 saturated heterocycles. The van der Waals surface area contributed by atoms with Crippen LogP contribution in [-0.4, -0.2) is 35.9 Å². The number of fused-ring (bicyclic) bond motifs is 1. The number of nitrogens with zero attached hydrogens (tertiary/aromatic N) is 3. The van der Waals surface area contributed by atoms with Crippen LogP contribution >= 0.6 is 24.0 Å². The molecule has 1 aromatic rings. The highest BCUT2D eigenvalue weighted by Gasteiger charge is 2.20. The second kappa shape index (κ2) is 5.05. The minimum atomic E-state index is 0.976. The third kappa shape index (κ3) is 2.21. The zero-order chi connectivity index (χ0) is 12.5. The predicted octanol–water partition coefficient (Wildman–Crippen LogP) is 2.94. The molecule has 96 valence electrons. The highest BCUT2D eigenvalue weighted by Crippen LogP contribution is 2.36. The molecule has 1 fully saturated rings. The van der Waals surface area contributed by atoms with Crippen LogP contribution in [0.5, 0.6) is 0 Å². The molecule has 5 heteroatoms. The molecule has 0 aliphatic carbocycles. The normalized spacial score (nSPS) is 19.9. The molecule has 0 unspecified atom stereocenters. The summed E-state index contributed by atoms with van der Waals surface area (Å²) in [6, 6.07) is 2.23. The van der Waals surface area contributed by atoms with E-state index in [1.165, 1.54) is 17.7 Å². The molecular weight excluding hydrogens is 262 g/mol. The second-order valence-corrected chi connectivity index (χ2v) is 6.36. The first-order valence-electron chi connectivity index (χ1n) is 6.40. The van der Waals surface area contributed by atoms with E-state index in [1.54, 1.807) is 0 Å². The van der Waals surface area contributed by atoms with Gasteiger partial charge in [0, 0.05) is 37.2 Å². The van der Waals surface area contributed by atoms with Gasteiger partial charge in [0.2, 0.25) is 0 Å². The van der Waals surface area contributed by atoms with Crippen LogP contribution in [0.3, 0.4) is 0 Å². The largest absolute Gasteiger partial charge is 0.357 e. The van der Waals surface area contributed by atoms with E-state index in [-0.39, 0.29) is 0 Å². The van der Waals surface area contributed by atoms with Crippen molar-refractivity contribution in [2.24, 2.45) is 0 Å². The molecule has 1 aromatic heterocycles. The molecule has 2 aliphatic rings. The van der Waals surface area contributed by atoms with Gasteiger partial charge in [0.1, 0.15) is 5.82 Å². The molecule has 18 heavy (non-hydrogen) atoms. The minimum Gasteiger partial charge on any atom is -0.357 e. The van der Waals surface area contributed by atoms with Crippen LogP contribution in [0.25, 0.3) is 0 Å². The molecule has 0 amide bonds. The van der Waals surface area contributed by atoms with Crippen molar-refractivity contribution in [1.82, 2.24) is 4.98 Å². The highest BCUT2D eigenvalue weighted by molar-refractivity contribution is 7.99. The Morgan fingerprint density at radius 2 is 2.11 bits per heavy atom. The van der Waals surface area contributed by atoms with Crippen molar-refractivity contribution in [3.05, 3.63) is 12.3 Å². The summed E-state index contributed by atoms with van der Waals surface area (Å²) in [5, 5.41) is 0. The van der Waals surface area contributed by atoms with Gasteiger partial charge in [0.15, 0.2) is 0 Å². The van der Waals surface area contributed by atoms with Crippen molar-refractivity contribution in [1.29, 1.82) is 0 Å². The van der Waals surface area contributed by atoms with E-state index in [4.69, 9.17) is 12.2 Å². The monoisotopic (exact) mass is 279 g/mol. The van der Waals surface area contributed by atoms with Crippen LogP contribution in [0.1, 0.15) is 19.3 Å². The zero-order valence-electron chi connectivity index (χ0n) is 10.6. The van der Waals surface area contributed by atoms with E-state index in [0.717, 1.165) is 41.8 Å². The molecule has 0 atom stereocenters. The van der Waals surface area contributed by atoms with Gasteiger partial charge in [-0.15, -0.1) is 11.8 Å². The Kier molecular flexibility index (Phi) is 3.43. The van der Waals surface area contributed by atoms with Crippen LogP contribution in [0.4, 0.5) is 11.5 Å². The Balaban J connectivity index is 1.94. The molecule has 3 rings (SSSR count). The summed E-state index contributed by atoms with van der Waals surface area (Å²) in [4.78, 5) is 11.4. The zero-order valence-corrected chi connectivity index (χ0v) is 12.2. The predicted molar refractivity (Wildman–Crippen MR) is 82.0 cm³/mol. The number of hydrogen-bond acceptors (Lipinski definition) is 4. The van der Waals surface area contributed by atoms with Crippen molar-refractivity contribution in [2.45, 2.75) is 24.2 Å². The molecule has 0 spiro atoms. The average molecular weight is 279 g/mol. The van der Waals surface area contributed by atoms with Gasteiger partial charge in [-0.2, -0.15) is 0 Å². The maximum atomic E-state index is 5.41. The van der Waals surface area contributed by atoms with E-state index in [2.05, 4.69) is 20.9 Å². The Hall–Kier alpha value is -0.810. The Labute approximate surface area is 118 Å². The molecule has 3 heterocycles. The van der Waals surface area contributed by atoms with Crippen molar-refractivity contribution >= 4 is 40.5 Å². The molecule has 0 aromatic carbocycles. The van der Waals surface area contributed by atoms with Gasteiger partial charge in [-0.05, 0) is 18.9 Å². The molecule has 2 aliphatic heterocycles. The lowest BCUT2D eigenvalue weighted by molar-refractivity contribution is 0.931. The van der Waals surface area contributed by atoms with Gasteiger partial charge in [-0.3, -0.25) is 0 Å². The lowest BCUT2D eigenvalue weighted by Gasteiger charge is -2.21. The number of pyridine rings is 1. The van der Waals surface area contributed by atoms with Gasteiger partial charge < -0.3 is 9.80 Å². The number of hydrogen-bond donors (Lipinski definition) is 0. The third-order valence-corrected chi connectivity index (χ3v) is 5.09. The lowest BCUT2D eigenvalue weighted by Crippen LogP contribution is -2.24. The standard InChI is InChI=1S/C13H17N3S2/c1-15-10-9-14-12(16-5-2-3-6-16)8-11(10)18-7-4-13(15)17/h8-9H,2-7H2,1H3. The number of rotatable bonds is 1. The summed E-state index contributed by atoms with van der Waals surface area (Å²) in [6.07, 6.45) is 5.53. The van der Waals surface area contributed by atoms with Crippen LogP contribution in [-0.2, 0) is 0 Å². The fourth-order valence-corrected chi connectivity index (χ4v) is 3.83. The summed E-state index contributed by atoms with van der Waals surface area (Å²) < 4.78 is 0. The first kappa shape index (κ1) is 12.2. The number of thioether (sulfide) groups is 1. The summed E-state index contributed by atoms with van der Waals surface area (Å²) in [5.41, 5.74) is 1.16. The molecule has 3 nitrogen and oxygen atoms in total. The Morgan fingerprint density at radius 3 is 2.89 bits per heavy atom. The van der Waals surface area contributed by atoms with Gasteiger partial charge in [-0.25, -0.2) is 4.98 Å². The SMILES string of the molecule is CN1C(=S)CCSc2cc(N3CCCC3)ncc21. The number of aromatic nitrogens is 1. The summed E-state index contributed by atoms with van der Waals surface area (Å²) in [7, 11) is 2.05. The molecular formula is C13H17N3S2. The topological polar surface area (TPSA) is 19.4 Å². The quantitative estimate of drug-likeness (QED) is 0.734. The highest BCUT2D eigenvalue weighted by atomic mass is 32.2. The van der Waals surface area contributed by atoms with Gasteiger partial charge in [0.25, 0.3) is 0 Å². The maximum absolute atomic E-state index is 5.41. The van der Waals surface area contributed by atoms with Crippen molar-refractivity contribution < 1.29 is 0 Å². The minimum absolute atomic E-state index is 0.976. The summed E-state index contributed by atoms with van der Waals surface area (Å²) in [5.74, 6) is 2.19. The number of thiocarbonyl (C=S) groups is 1. The average Bonchev–Trinajstić information content (AvgIpc) is 2.87. The summed E-state index contributed by atoms with van der Waals surface area (Å²) in [6.45, 7) is 2.29.